The molecule has 0 bridgehead atoms. The first-order valence-corrected chi connectivity index (χ1v) is 12.2. The minimum Gasteiger partial charge on any atom is -0.377 e. The number of ether oxygens (including phenoxy) is 1. The topological polar surface area (TPSA) is 91.8 Å². The number of hydrogen-bond donors (Lipinski definition) is 3. The van der Waals surface area contributed by atoms with E-state index in [2.05, 4.69) is 46.3 Å². The van der Waals surface area contributed by atoms with Crippen LogP contribution in [-0.2, 0) is 14.8 Å². The summed E-state index contributed by atoms with van der Waals surface area (Å²) in [5.41, 5.74) is 1.25. The van der Waals surface area contributed by atoms with Gasteiger partial charge < -0.3 is 15.4 Å². The molecular weight excluding hydrogens is 388 g/mol. The smallest absolute Gasteiger partial charge is 0.213 e. The second-order valence-electron chi connectivity index (χ2n) is 7.55. The van der Waals surface area contributed by atoms with Gasteiger partial charge in [-0.2, -0.15) is 0 Å². The highest BCUT2D eigenvalue weighted by Gasteiger charge is 2.18. The summed E-state index contributed by atoms with van der Waals surface area (Å²) in [7, 11) is -3.37. The number of guanidine groups is 1. The third-order valence-corrected chi connectivity index (χ3v) is 6.55. The molecule has 164 valence electrons. The summed E-state index contributed by atoms with van der Waals surface area (Å²) in [4.78, 5) is 4.45. The third-order valence-electron chi connectivity index (χ3n) is 5.22. The SMILES string of the molecule is CCNC(=NCCS(=O)(=O)NCC1CCCCO1)NC(C)C(C)c1ccccc1. The molecule has 0 radical (unpaired) electrons. The molecule has 2 rings (SSSR count). The fourth-order valence-electron chi connectivity index (χ4n) is 3.24. The van der Waals surface area contributed by atoms with Gasteiger partial charge in [-0.15, -0.1) is 0 Å². The Morgan fingerprint density at radius 1 is 1.24 bits per heavy atom. The maximum absolute atomic E-state index is 12.3. The van der Waals surface area contributed by atoms with E-state index in [9.17, 15) is 8.42 Å². The summed E-state index contributed by atoms with van der Waals surface area (Å²) in [5.74, 6) is 0.883. The molecule has 1 aliphatic rings. The maximum Gasteiger partial charge on any atom is 0.213 e. The molecule has 1 fully saturated rings. The van der Waals surface area contributed by atoms with Gasteiger partial charge in [0, 0.05) is 31.7 Å². The molecule has 0 aliphatic carbocycles. The lowest BCUT2D eigenvalue weighted by atomic mass is 9.94. The zero-order chi connectivity index (χ0) is 21.1. The molecular formula is C21H36N4O3S. The lowest BCUT2D eigenvalue weighted by molar-refractivity contribution is 0.0200. The van der Waals surface area contributed by atoms with E-state index in [1.165, 1.54) is 5.56 Å². The van der Waals surface area contributed by atoms with Gasteiger partial charge in [0.1, 0.15) is 0 Å². The van der Waals surface area contributed by atoms with Crippen LogP contribution in [0.15, 0.2) is 35.3 Å². The molecule has 0 saturated carbocycles. The Morgan fingerprint density at radius 3 is 2.66 bits per heavy atom. The van der Waals surface area contributed by atoms with E-state index in [1.807, 2.05) is 25.1 Å². The Balaban J connectivity index is 1.83. The molecule has 3 N–H and O–H groups in total. The average molecular weight is 425 g/mol. The first-order valence-electron chi connectivity index (χ1n) is 10.6. The number of hydrogen-bond acceptors (Lipinski definition) is 4. The Kier molecular flexibility index (Phi) is 9.90. The minimum absolute atomic E-state index is 0.0127. The van der Waals surface area contributed by atoms with Gasteiger partial charge in [0.05, 0.1) is 18.4 Å². The minimum atomic E-state index is -3.37. The Labute approximate surface area is 175 Å². The summed E-state index contributed by atoms with van der Waals surface area (Å²) < 4.78 is 32.7. The molecule has 3 unspecified atom stereocenters. The molecule has 8 heteroatoms. The quantitative estimate of drug-likeness (QED) is 0.396. The molecule has 0 aromatic heterocycles. The summed E-state index contributed by atoms with van der Waals surface area (Å²) in [6.45, 7) is 8.23. The van der Waals surface area contributed by atoms with Crippen molar-refractivity contribution in [1.82, 2.24) is 15.4 Å². The van der Waals surface area contributed by atoms with Crippen LogP contribution in [0.1, 0.15) is 51.5 Å². The fraction of sp³-hybridized carbons (Fsp3) is 0.667. The summed E-state index contributed by atoms with van der Waals surface area (Å²) in [5, 5.41) is 6.58. The first-order chi connectivity index (χ1) is 13.9. The van der Waals surface area contributed by atoms with Crippen molar-refractivity contribution >= 4 is 16.0 Å². The molecule has 1 aliphatic heterocycles. The number of rotatable bonds is 10. The number of nitrogens with one attached hydrogen (secondary N) is 3. The zero-order valence-corrected chi connectivity index (χ0v) is 18.7. The van der Waals surface area contributed by atoms with Gasteiger partial charge in [0.15, 0.2) is 5.96 Å². The monoisotopic (exact) mass is 424 g/mol. The van der Waals surface area contributed by atoms with E-state index in [1.54, 1.807) is 0 Å². The Bertz CT molecular complexity index is 719. The largest absolute Gasteiger partial charge is 0.377 e. The lowest BCUT2D eigenvalue weighted by Crippen LogP contribution is -2.44. The number of sulfonamides is 1. The predicted molar refractivity (Wildman–Crippen MR) is 119 cm³/mol. The van der Waals surface area contributed by atoms with Crippen molar-refractivity contribution in [3.05, 3.63) is 35.9 Å². The standard InChI is InChI=1S/C21H36N4O3S/c1-4-22-21(25-18(3)17(2)19-10-6-5-7-11-19)23-13-15-29(26,27)24-16-20-12-8-9-14-28-20/h5-7,10-11,17-18,20,24H,4,8-9,12-16H2,1-3H3,(H2,22,23,25). The van der Waals surface area contributed by atoms with E-state index >= 15 is 0 Å². The van der Waals surface area contributed by atoms with E-state index in [-0.39, 0.29) is 24.4 Å². The molecule has 3 atom stereocenters. The van der Waals surface area contributed by atoms with E-state index in [4.69, 9.17) is 4.74 Å². The van der Waals surface area contributed by atoms with Crippen LogP contribution in [0.5, 0.6) is 0 Å². The summed E-state index contributed by atoms with van der Waals surface area (Å²) >= 11 is 0. The Hall–Kier alpha value is -1.64. The maximum atomic E-state index is 12.3. The van der Waals surface area contributed by atoms with Crippen LogP contribution < -0.4 is 15.4 Å². The Morgan fingerprint density at radius 2 is 2.00 bits per heavy atom. The van der Waals surface area contributed by atoms with Crippen LogP contribution in [0.4, 0.5) is 0 Å². The van der Waals surface area contributed by atoms with Crippen LogP contribution in [0.2, 0.25) is 0 Å². The highest BCUT2D eigenvalue weighted by atomic mass is 32.2. The third kappa shape index (κ3) is 8.72. The molecule has 1 saturated heterocycles. The van der Waals surface area contributed by atoms with Crippen LogP contribution in [0.25, 0.3) is 0 Å². The molecule has 7 nitrogen and oxygen atoms in total. The van der Waals surface area contributed by atoms with Crippen molar-refractivity contribution in [1.29, 1.82) is 0 Å². The van der Waals surface area contributed by atoms with E-state index < -0.39 is 10.0 Å². The van der Waals surface area contributed by atoms with Crippen LogP contribution in [0, 0.1) is 0 Å². The van der Waals surface area contributed by atoms with Crippen LogP contribution in [-0.4, -0.2) is 58.5 Å². The van der Waals surface area contributed by atoms with Crippen LogP contribution >= 0.6 is 0 Å². The molecule has 29 heavy (non-hydrogen) atoms. The van der Waals surface area contributed by atoms with Crippen molar-refractivity contribution in [2.75, 3.05) is 32.0 Å². The highest BCUT2D eigenvalue weighted by Crippen LogP contribution is 2.18. The molecule has 1 heterocycles. The van der Waals surface area contributed by atoms with Crippen molar-refractivity contribution < 1.29 is 13.2 Å². The summed E-state index contributed by atoms with van der Waals surface area (Å²) in [6, 6.07) is 10.5. The van der Waals surface area contributed by atoms with Gasteiger partial charge in [0.2, 0.25) is 10.0 Å². The lowest BCUT2D eigenvalue weighted by Gasteiger charge is -2.24. The molecule has 1 aromatic rings. The van der Waals surface area contributed by atoms with Gasteiger partial charge in [-0.05, 0) is 38.7 Å². The highest BCUT2D eigenvalue weighted by molar-refractivity contribution is 7.89. The van der Waals surface area contributed by atoms with E-state index in [0.29, 0.717) is 31.6 Å². The van der Waals surface area contributed by atoms with Crippen molar-refractivity contribution in [3.8, 4) is 0 Å². The van der Waals surface area contributed by atoms with Gasteiger partial charge in [-0.25, -0.2) is 13.1 Å². The first kappa shape index (κ1) is 23.6. The molecule has 0 spiro atoms. The van der Waals surface area contributed by atoms with Crippen molar-refractivity contribution in [2.24, 2.45) is 4.99 Å². The second kappa shape index (κ2) is 12.1. The van der Waals surface area contributed by atoms with Crippen molar-refractivity contribution in [2.45, 2.75) is 58.1 Å². The van der Waals surface area contributed by atoms with Crippen molar-refractivity contribution in [3.63, 3.8) is 0 Å². The van der Waals surface area contributed by atoms with Gasteiger partial charge >= 0.3 is 0 Å². The van der Waals surface area contributed by atoms with E-state index in [0.717, 1.165) is 19.3 Å². The normalized spacial score (nSPS) is 20.1. The van der Waals surface area contributed by atoms with Crippen LogP contribution in [0.3, 0.4) is 0 Å². The second-order valence-corrected chi connectivity index (χ2v) is 9.48. The number of aliphatic imine (C=N–C) groups is 1. The fourth-order valence-corrected chi connectivity index (χ4v) is 4.16. The van der Waals surface area contributed by atoms with Gasteiger partial charge in [-0.3, -0.25) is 4.99 Å². The summed E-state index contributed by atoms with van der Waals surface area (Å²) in [6.07, 6.45) is 3.04. The van der Waals surface area contributed by atoms with Gasteiger partial charge in [-0.1, -0.05) is 37.3 Å². The number of nitrogens with zero attached hydrogens (tertiary/aromatic N) is 1. The molecule has 0 amide bonds. The number of benzene rings is 1. The van der Waals surface area contributed by atoms with Gasteiger partial charge in [0.25, 0.3) is 0 Å². The molecule has 1 aromatic carbocycles. The zero-order valence-electron chi connectivity index (χ0n) is 17.9. The average Bonchev–Trinajstić information content (AvgIpc) is 2.73. The predicted octanol–water partition coefficient (Wildman–Crippen LogP) is 2.22.